The van der Waals surface area contributed by atoms with Crippen molar-refractivity contribution >= 4 is 50.9 Å². The molecule has 1 fully saturated rings. The van der Waals surface area contributed by atoms with Gasteiger partial charge in [-0.1, -0.05) is 41.4 Å². The second kappa shape index (κ2) is 10.9. The number of carbonyl (C=O) groups excluding carboxylic acids is 1. The summed E-state index contributed by atoms with van der Waals surface area (Å²) in [6.07, 6.45) is 1.34. The molecule has 1 N–H and O–H groups in total. The quantitative estimate of drug-likeness (QED) is 0.559. The van der Waals surface area contributed by atoms with Crippen LogP contribution in [0, 0.1) is 5.92 Å². The number of thioether (sulfide) groups is 1. The van der Waals surface area contributed by atoms with Crippen LogP contribution in [-0.4, -0.2) is 44.0 Å². The topological polar surface area (TPSA) is 66.5 Å². The van der Waals surface area contributed by atoms with E-state index in [0.29, 0.717) is 31.0 Å². The lowest BCUT2D eigenvalue weighted by atomic mass is 9.99. The molecular weight excluding hydrogens is 463 g/mol. The Balaban J connectivity index is 1.47. The van der Waals surface area contributed by atoms with E-state index in [1.807, 2.05) is 24.3 Å². The van der Waals surface area contributed by atoms with Gasteiger partial charge in [0.25, 0.3) is 0 Å². The lowest BCUT2D eigenvalue weighted by Crippen LogP contribution is -2.45. The molecule has 1 amide bonds. The summed E-state index contributed by atoms with van der Waals surface area (Å²) in [7, 11) is -3.63. The Bertz CT molecular complexity index is 968. The van der Waals surface area contributed by atoms with Crippen LogP contribution in [0.15, 0.2) is 53.4 Å². The zero-order valence-corrected chi connectivity index (χ0v) is 19.5. The number of nitrogens with one attached hydrogen (secondary N) is 1. The number of hydrogen-bond donors (Lipinski definition) is 1. The molecule has 2 aromatic carbocycles. The molecule has 5 nitrogen and oxygen atoms in total. The monoisotopic (exact) mass is 486 g/mol. The molecule has 0 saturated carbocycles. The number of piperidine rings is 1. The number of sulfonamides is 1. The summed E-state index contributed by atoms with van der Waals surface area (Å²) >= 11 is 13.7. The number of rotatable bonds is 8. The molecule has 0 unspecified atom stereocenters. The van der Waals surface area contributed by atoms with Crippen molar-refractivity contribution in [1.82, 2.24) is 9.62 Å². The normalized spacial score (nSPS) is 17.6. The molecule has 1 atom stereocenters. The van der Waals surface area contributed by atoms with Gasteiger partial charge in [0.2, 0.25) is 15.9 Å². The molecular formula is C21H24Cl2N2O3S2. The summed E-state index contributed by atoms with van der Waals surface area (Å²) in [5.41, 5.74) is 1.07. The van der Waals surface area contributed by atoms with Gasteiger partial charge in [-0.15, -0.1) is 0 Å². The molecule has 0 radical (unpaired) electrons. The first-order chi connectivity index (χ1) is 14.4. The summed E-state index contributed by atoms with van der Waals surface area (Å²) in [6.45, 7) is 1.15. The van der Waals surface area contributed by atoms with Crippen molar-refractivity contribution in [1.29, 1.82) is 0 Å². The number of amides is 1. The molecule has 0 aromatic heterocycles. The van der Waals surface area contributed by atoms with Crippen molar-refractivity contribution in [2.24, 2.45) is 5.92 Å². The molecule has 3 rings (SSSR count). The third kappa shape index (κ3) is 6.14. The molecule has 30 heavy (non-hydrogen) atoms. The third-order valence-corrected chi connectivity index (χ3v) is 8.48. The molecule has 1 aliphatic heterocycles. The zero-order chi connectivity index (χ0) is 21.6. The first-order valence-electron chi connectivity index (χ1n) is 9.72. The van der Waals surface area contributed by atoms with Gasteiger partial charge in [-0.2, -0.15) is 16.1 Å². The summed E-state index contributed by atoms with van der Waals surface area (Å²) in [4.78, 5) is 12.8. The second-order valence-corrected chi connectivity index (χ2v) is 11.0. The molecule has 1 heterocycles. The van der Waals surface area contributed by atoms with E-state index in [1.165, 1.54) is 16.4 Å². The highest BCUT2D eigenvalue weighted by molar-refractivity contribution is 7.98. The van der Waals surface area contributed by atoms with Gasteiger partial charge in [-0.05, 0) is 48.7 Å². The molecule has 0 bridgehead atoms. The highest BCUT2D eigenvalue weighted by Crippen LogP contribution is 2.25. The van der Waals surface area contributed by atoms with Crippen LogP contribution in [0.5, 0.6) is 0 Å². The summed E-state index contributed by atoms with van der Waals surface area (Å²) < 4.78 is 27.1. The Kier molecular flexibility index (Phi) is 8.48. The smallest absolute Gasteiger partial charge is 0.243 e. The van der Waals surface area contributed by atoms with Crippen LogP contribution in [0.25, 0.3) is 0 Å². The molecule has 0 aliphatic carbocycles. The first kappa shape index (κ1) is 23.4. The Labute approximate surface area is 192 Å². The Hall–Kier alpha value is -1.25. The molecule has 9 heteroatoms. The van der Waals surface area contributed by atoms with E-state index < -0.39 is 10.0 Å². The van der Waals surface area contributed by atoms with E-state index in [2.05, 4.69) is 5.32 Å². The number of benzene rings is 2. The first-order valence-corrected chi connectivity index (χ1v) is 13.1. The van der Waals surface area contributed by atoms with Gasteiger partial charge in [0, 0.05) is 41.2 Å². The summed E-state index contributed by atoms with van der Waals surface area (Å²) in [5, 5.41) is 4.17. The highest BCUT2D eigenvalue weighted by atomic mass is 35.5. The van der Waals surface area contributed by atoms with Crippen LogP contribution in [0.2, 0.25) is 10.0 Å². The second-order valence-electron chi connectivity index (χ2n) is 7.09. The third-order valence-electron chi connectivity index (χ3n) is 4.97. The van der Waals surface area contributed by atoms with Crippen molar-refractivity contribution in [2.45, 2.75) is 23.5 Å². The van der Waals surface area contributed by atoms with Crippen molar-refractivity contribution in [3.8, 4) is 0 Å². The summed E-state index contributed by atoms with van der Waals surface area (Å²) in [5.74, 6) is 1.11. The molecule has 1 aliphatic rings. The Morgan fingerprint density at radius 1 is 1.13 bits per heavy atom. The van der Waals surface area contributed by atoms with E-state index >= 15 is 0 Å². The maximum Gasteiger partial charge on any atom is 0.243 e. The van der Waals surface area contributed by atoms with E-state index in [9.17, 15) is 13.2 Å². The van der Waals surface area contributed by atoms with Crippen LogP contribution >= 0.6 is 35.0 Å². The lowest BCUT2D eigenvalue weighted by Gasteiger charge is -2.31. The largest absolute Gasteiger partial charge is 0.355 e. The van der Waals surface area contributed by atoms with Gasteiger partial charge in [0.1, 0.15) is 0 Å². The van der Waals surface area contributed by atoms with Crippen molar-refractivity contribution in [3.63, 3.8) is 0 Å². The van der Waals surface area contributed by atoms with Crippen molar-refractivity contribution in [3.05, 3.63) is 64.1 Å². The Morgan fingerprint density at radius 3 is 2.60 bits per heavy atom. The standard InChI is InChI=1S/C21H24Cl2N2O3S2/c22-18-7-9-19(10-8-18)30(27,28)25-12-3-5-16(14-25)21(26)24-11-13-29-15-17-4-1-2-6-20(17)23/h1-2,4,6-10,16H,3,5,11-15H2,(H,24,26)/t16-/m0/s1. The van der Waals surface area contributed by atoms with Crippen LogP contribution in [0.1, 0.15) is 18.4 Å². The number of halogens is 2. The SMILES string of the molecule is O=C(NCCSCc1ccccc1Cl)[C@H]1CCCN(S(=O)(=O)c2ccc(Cl)cc2)C1. The molecule has 0 spiro atoms. The number of hydrogen-bond acceptors (Lipinski definition) is 4. The predicted molar refractivity (Wildman–Crippen MR) is 124 cm³/mol. The van der Waals surface area contributed by atoms with Crippen molar-refractivity contribution in [2.75, 3.05) is 25.4 Å². The predicted octanol–water partition coefficient (Wildman–Crippen LogP) is 4.44. The van der Waals surface area contributed by atoms with Gasteiger partial charge < -0.3 is 5.32 Å². The van der Waals surface area contributed by atoms with Crippen molar-refractivity contribution < 1.29 is 13.2 Å². The van der Waals surface area contributed by atoms with Gasteiger partial charge in [-0.3, -0.25) is 4.79 Å². The van der Waals surface area contributed by atoms with E-state index in [1.54, 1.807) is 23.9 Å². The van der Waals surface area contributed by atoms with E-state index in [-0.39, 0.29) is 23.3 Å². The average molecular weight is 487 g/mol. The maximum absolute atomic E-state index is 12.9. The molecule has 1 saturated heterocycles. The fourth-order valence-electron chi connectivity index (χ4n) is 3.32. The van der Waals surface area contributed by atoms with Crippen LogP contribution in [0.3, 0.4) is 0 Å². The van der Waals surface area contributed by atoms with Crippen LogP contribution in [0.4, 0.5) is 0 Å². The minimum atomic E-state index is -3.63. The zero-order valence-electron chi connectivity index (χ0n) is 16.4. The summed E-state index contributed by atoms with van der Waals surface area (Å²) in [6, 6.07) is 13.8. The Morgan fingerprint density at radius 2 is 1.87 bits per heavy atom. The van der Waals surface area contributed by atoms with Crippen LogP contribution in [-0.2, 0) is 20.6 Å². The van der Waals surface area contributed by atoms with E-state index in [4.69, 9.17) is 23.2 Å². The van der Waals surface area contributed by atoms with Gasteiger partial charge in [0.15, 0.2) is 0 Å². The minimum Gasteiger partial charge on any atom is -0.355 e. The highest BCUT2D eigenvalue weighted by Gasteiger charge is 2.33. The fourth-order valence-corrected chi connectivity index (χ4v) is 6.11. The number of carbonyl (C=O) groups is 1. The fraction of sp³-hybridized carbons (Fsp3) is 0.381. The van der Waals surface area contributed by atoms with Gasteiger partial charge in [-0.25, -0.2) is 8.42 Å². The average Bonchev–Trinajstić information content (AvgIpc) is 2.75. The maximum atomic E-state index is 12.9. The van der Waals surface area contributed by atoms with Gasteiger partial charge >= 0.3 is 0 Å². The van der Waals surface area contributed by atoms with Crippen LogP contribution < -0.4 is 5.32 Å². The van der Waals surface area contributed by atoms with Gasteiger partial charge in [0.05, 0.1) is 10.8 Å². The number of nitrogens with zero attached hydrogens (tertiary/aromatic N) is 1. The van der Waals surface area contributed by atoms with E-state index in [0.717, 1.165) is 22.1 Å². The lowest BCUT2D eigenvalue weighted by molar-refractivity contribution is -0.125. The minimum absolute atomic E-state index is 0.0932. The molecule has 162 valence electrons. The molecule has 2 aromatic rings.